The smallest absolute Gasteiger partial charge is 0.264 e. The number of piperidine rings is 2. The number of hydrogen-bond acceptors (Lipinski definition) is 4. The molecule has 1 aromatic carbocycles. The van der Waals surface area contributed by atoms with Crippen LogP contribution in [0.1, 0.15) is 19.4 Å². The fourth-order valence-corrected chi connectivity index (χ4v) is 5.80. The van der Waals surface area contributed by atoms with E-state index in [0.717, 1.165) is 15.7 Å². The highest BCUT2D eigenvalue weighted by molar-refractivity contribution is 9.10. The van der Waals surface area contributed by atoms with Gasteiger partial charge in [-0.2, -0.15) is 0 Å². The van der Waals surface area contributed by atoms with Gasteiger partial charge in [0, 0.05) is 41.9 Å². The summed E-state index contributed by atoms with van der Waals surface area (Å²) in [4.78, 5) is 30.4. The number of benzene rings is 1. The molecule has 6 rings (SSSR count). The zero-order chi connectivity index (χ0) is 16.2. The first-order valence-electron chi connectivity index (χ1n) is 7.96. The van der Waals surface area contributed by atoms with Crippen molar-refractivity contribution in [1.82, 2.24) is 9.80 Å². The first-order valence-corrected chi connectivity index (χ1v) is 8.75. The molecular formula is C17H18BrN3O2. The zero-order valence-electron chi connectivity index (χ0n) is 13.1. The molecule has 0 aliphatic carbocycles. The second-order valence-corrected chi connectivity index (χ2v) is 8.89. The molecule has 0 unspecified atom stereocenters. The van der Waals surface area contributed by atoms with Gasteiger partial charge in [-0.05, 0) is 18.2 Å². The van der Waals surface area contributed by atoms with Crippen LogP contribution in [0.15, 0.2) is 22.7 Å². The van der Waals surface area contributed by atoms with Crippen LogP contribution in [0.2, 0.25) is 0 Å². The van der Waals surface area contributed by atoms with Crippen molar-refractivity contribution in [1.29, 1.82) is 0 Å². The van der Waals surface area contributed by atoms with Crippen LogP contribution in [0.4, 0.5) is 5.69 Å². The number of nitrogens with one attached hydrogen (secondary N) is 1. The molecule has 4 bridgehead atoms. The van der Waals surface area contributed by atoms with E-state index in [0.29, 0.717) is 32.0 Å². The Morgan fingerprint density at radius 2 is 1.61 bits per heavy atom. The molecule has 1 amide bonds. The molecule has 0 saturated carbocycles. The van der Waals surface area contributed by atoms with Crippen LogP contribution < -0.4 is 5.32 Å². The summed E-state index contributed by atoms with van der Waals surface area (Å²) in [6.07, 6.45) is 0. The van der Waals surface area contributed by atoms with Crippen molar-refractivity contribution in [2.24, 2.45) is 10.8 Å². The number of carbonyl (C=O) groups is 2. The summed E-state index contributed by atoms with van der Waals surface area (Å²) in [5.41, 5.74) is 0.401. The quantitative estimate of drug-likeness (QED) is 0.750. The Hall–Kier alpha value is -1.24. The molecule has 5 nitrogen and oxygen atoms in total. The Kier molecular flexibility index (Phi) is 2.38. The van der Waals surface area contributed by atoms with Gasteiger partial charge in [0.05, 0.1) is 10.8 Å². The lowest BCUT2D eigenvalue weighted by molar-refractivity contribution is -0.227. The lowest BCUT2D eigenvalue weighted by atomic mass is 9.60. The van der Waals surface area contributed by atoms with Crippen molar-refractivity contribution in [3.05, 3.63) is 28.2 Å². The Morgan fingerprint density at radius 1 is 1.04 bits per heavy atom. The summed E-state index contributed by atoms with van der Waals surface area (Å²) >= 11 is 3.54. The minimum absolute atomic E-state index is 0.0176. The number of halogens is 1. The van der Waals surface area contributed by atoms with E-state index in [-0.39, 0.29) is 16.7 Å². The minimum Gasteiger partial charge on any atom is -0.323 e. The van der Waals surface area contributed by atoms with Crippen molar-refractivity contribution < 1.29 is 9.59 Å². The Bertz CT molecular complexity index is 750. The number of amides is 1. The maximum absolute atomic E-state index is 13.1. The van der Waals surface area contributed by atoms with E-state index in [1.807, 2.05) is 32.0 Å². The van der Waals surface area contributed by atoms with Gasteiger partial charge in [-0.1, -0.05) is 29.8 Å². The highest BCUT2D eigenvalue weighted by atomic mass is 79.9. The average Bonchev–Trinajstić information content (AvgIpc) is 2.73. The first-order chi connectivity index (χ1) is 10.8. The van der Waals surface area contributed by atoms with Crippen molar-refractivity contribution in [2.45, 2.75) is 19.5 Å². The van der Waals surface area contributed by atoms with Crippen molar-refractivity contribution in [3.63, 3.8) is 0 Å². The maximum Gasteiger partial charge on any atom is 0.264 e. The molecular weight excluding hydrogens is 358 g/mol. The van der Waals surface area contributed by atoms with E-state index < -0.39 is 5.66 Å². The van der Waals surface area contributed by atoms with E-state index in [9.17, 15) is 9.59 Å². The molecule has 6 heteroatoms. The van der Waals surface area contributed by atoms with Crippen molar-refractivity contribution in [3.8, 4) is 0 Å². The summed E-state index contributed by atoms with van der Waals surface area (Å²) in [5, 5.41) is 3.05. The van der Waals surface area contributed by atoms with Gasteiger partial charge in [-0.3, -0.25) is 19.4 Å². The second kappa shape index (κ2) is 3.87. The minimum atomic E-state index is -0.751. The summed E-state index contributed by atoms with van der Waals surface area (Å²) in [7, 11) is 0. The molecule has 4 saturated heterocycles. The molecule has 4 fully saturated rings. The van der Waals surface area contributed by atoms with E-state index >= 15 is 0 Å². The van der Waals surface area contributed by atoms with Crippen LogP contribution in [0, 0.1) is 10.8 Å². The molecule has 5 aliphatic rings. The molecule has 0 radical (unpaired) electrons. The third-order valence-corrected chi connectivity index (χ3v) is 6.59. The first kappa shape index (κ1) is 14.1. The van der Waals surface area contributed by atoms with Gasteiger partial charge in [0.25, 0.3) is 5.91 Å². The number of fused-ring (bicyclic) bond motifs is 1. The van der Waals surface area contributed by atoms with Crippen LogP contribution >= 0.6 is 15.9 Å². The van der Waals surface area contributed by atoms with E-state index in [4.69, 9.17) is 0 Å². The lowest BCUT2D eigenvalue weighted by Gasteiger charge is -2.67. The highest BCUT2D eigenvalue weighted by Crippen LogP contribution is 2.57. The van der Waals surface area contributed by atoms with Crippen LogP contribution in [0.5, 0.6) is 0 Å². The van der Waals surface area contributed by atoms with Gasteiger partial charge in [0.1, 0.15) is 5.78 Å². The topological polar surface area (TPSA) is 52.6 Å². The molecule has 5 heterocycles. The van der Waals surface area contributed by atoms with Crippen LogP contribution in [0.3, 0.4) is 0 Å². The predicted octanol–water partition coefficient (Wildman–Crippen LogP) is 1.78. The Morgan fingerprint density at radius 3 is 2.17 bits per heavy atom. The van der Waals surface area contributed by atoms with E-state index in [1.54, 1.807) is 0 Å². The average molecular weight is 376 g/mol. The number of ketones is 1. The van der Waals surface area contributed by atoms with Gasteiger partial charge in [0.15, 0.2) is 5.66 Å². The number of nitrogens with zero attached hydrogens (tertiary/aromatic N) is 2. The fourth-order valence-electron chi connectivity index (χ4n) is 5.44. The summed E-state index contributed by atoms with van der Waals surface area (Å²) < 4.78 is 0.969. The van der Waals surface area contributed by atoms with Crippen LogP contribution in [-0.4, -0.2) is 47.7 Å². The van der Waals surface area contributed by atoms with Gasteiger partial charge in [-0.15, -0.1) is 0 Å². The lowest BCUT2D eigenvalue weighted by Crippen LogP contribution is -2.83. The molecule has 1 aromatic rings. The van der Waals surface area contributed by atoms with Gasteiger partial charge < -0.3 is 5.32 Å². The Balaban J connectivity index is 1.74. The molecule has 0 atom stereocenters. The number of carbonyl (C=O) groups excluding carboxylic acids is 2. The molecule has 1 N–H and O–H groups in total. The second-order valence-electron chi connectivity index (χ2n) is 7.98. The maximum atomic E-state index is 13.1. The van der Waals surface area contributed by atoms with Crippen molar-refractivity contribution in [2.75, 3.05) is 31.5 Å². The third-order valence-electron chi connectivity index (χ3n) is 6.09. The van der Waals surface area contributed by atoms with E-state index in [2.05, 4.69) is 31.0 Å². The number of Topliss-reactive ketones (excluding diaryl/α,β-unsaturated/α-hetero) is 1. The predicted molar refractivity (Wildman–Crippen MR) is 88.8 cm³/mol. The van der Waals surface area contributed by atoms with Gasteiger partial charge in [0.2, 0.25) is 0 Å². The molecule has 23 heavy (non-hydrogen) atoms. The van der Waals surface area contributed by atoms with Gasteiger partial charge in [-0.25, -0.2) is 0 Å². The zero-order valence-corrected chi connectivity index (χ0v) is 14.7. The molecule has 120 valence electrons. The monoisotopic (exact) mass is 375 g/mol. The van der Waals surface area contributed by atoms with E-state index in [1.165, 1.54) is 0 Å². The largest absolute Gasteiger partial charge is 0.323 e. The molecule has 5 aliphatic heterocycles. The fraction of sp³-hybridized carbons (Fsp3) is 0.529. The number of rotatable bonds is 0. The Labute approximate surface area is 143 Å². The normalized spacial score (nSPS) is 46.4. The van der Waals surface area contributed by atoms with Crippen molar-refractivity contribution >= 4 is 33.3 Å². The SMILES string of the molecule is CC12CN3CC(C)(CN(C1)C31C(=O)Nc3ccc(Br)cc31)C2=O. The summed E-state index contributed by atoms with van der Waals surface area (Å²) in [6.45, 7) is 6.70. The van der Waals surface area contributed by atoms with Crippen LogP contribution in [-0.2, 0) is 15.3 Å². The molecule has 0 aromatic heterocycles. The number of hydrogen-bond donors (Lipinski definition) is 1. The third kappa shape index (κ3) is 1.42. The summed E-state index contributed by atoms with van der Waals surface area (Å²) in [6, 6.07) is 5.95. The highest BCUT2D eigenvalue weighted by Gasteiger charge is 2.71. The van der Waals surface area contributed by atoms with Gasteiger partial charge >= 0.3 is 0 Å². The molecule has 1 spiro atoms. The van der Waals surface area contributed by atoms with Crippen LogP contribution in [0.25, 0.3) is 0 Å². The summed E-state index contributed by atoms with van der Waals surface area (Å²) in [5.74, 6) is 0.379. The number of anilines is 1. The standard InChI is InChI=1S/C17H18BrN3O2/c1-15-6-20-8-16(2,13(15)22)9-21(7-15)17(20)11-5-10(18)3-4-12(11)19-14(17)23/h3-5H,6-9H2,1-2H3,(H,19,23).